The van der Waals surface area contributed by atoms with E-state index in [1.165, 1.54) is 28.9 Å². The molecule has 0 aliphatic carbocycles. The van der Waals surface area contributed by atoms with Gasteiger partial charge in [-0.05, 0) is 57.0 Å². The van der Waals surface area contributed by atoms with E-state index >= 15 is 4.39 Å². The second kappa shape index (κ2) is 12.0. The van der Waals surface area contributed by atoms with Crippen LogP contribution >= 0.6 is 0 Å². The van der Waals surface area contributed by atoms with Gasteiger partial charge >= 0.3 is 0 Å². The zero-order valence-electron chi connectivity index (χ0n) is 27.9. The van der Waals surface area contributed by atoms with Gasteiger partial charge in [0.25, 0.3) is 0 Å². The summed E-state index contributed by atoms with van der Waals surface area (Å²) in [4.78, 5) is 37.6. The molecule has 51 heavy (non-hydrogen) atoms. The molecule has 0 unspecified atom stereocenters. The van der Waals surface area contributed by atoms with Crippen LogP contribution in [0.5, 0.6) is 0 Å². The van der Waals surface area contributed by atoms with Crippen LogP contribution in [0.2, 0.25) is 0 Å². The zero-order valence-corrected chi connectivity index (χ0v) is 27.9. The Morgan fingerprint density at radius 1 is 0.941 bits per heavy atom. The number of hydrogen-bond donors (Lipinski definition) is 1. The number of fused-ring (bicyclic) bond motifs is 8. The predicted octanol–water partition coefficient (Wildman–Crippen LogP) is 4.95. The monoisotopic (exact) mass is 694 g/mol. The molecule has 2 saturated heterocycles. The largest absolute Gasteiger partial charge is 0.374 e. The van der Waals surface area contributed by atoms with Gasteiger partial charge in [-0.25, -0.2) is 37.8 Å². The van der Waals surface area contributed by atoms with Gasteiger partial charge in [0.05, 0.1) is 41.0 Å². The first-order valence-corrected chi connectivity index (χ1v) is 17.0. The van der Waals surface area contributed by atoms with Gasteiger partial charge in [0.2, 0.25) is 5.91 Å². The van der Waals surface area contributed by atoms with E-state index < -0.39 is 23.5 Å². The van der Waals surface area contributed by atoms with Gasteiger partial charge in [0, 0.05) is 50.0 Å². The quantitative estimate of drug-likeness (QED) is 0.269. The van der Waals surface area contributed by atoms with Crippen molar-refractivity contribution in [1.29, 1.82) is 0 Å². The molecule has 1 N–H and O–H groups in total. The fourth-order valence-electron chi connectivity index (χ4n) is 7.72. The summed E-state index contributed by atoms with van der Waals surface area (Å²) in [5.74, 6) is 0.204. The number of carbonyl (C=O) groups excluding carboxylic acids is 1. The first-order valence-electron chi connectivity index (χ1n) is 17.0. The van der Waals surface area contributed by atoms with Gasteiger partial charge in [-0.15, -0.1) is 0 Å². The van der Waals surface area contributed by atoms with Crippen LogP contribution in [-0.2, 0) is 16.1 Å². The molecule has 3 atom stereocenters. The molecule has 9 rings (SSSR count). The minimum absolute atomic E-state index is 0.0407. The van der Waals surface area contributed by atoms with E-state index in [0.29, 0.717) is 96.7 Å². The summed E-state index contributed by atoms with van der Waals surface area (Å²) in [5, 5.41) is 8.49. The van der Waals surface area contributed by atoms with Gasteiger partial charge < -0.3 is 24.4 Å². The van der Waals surface area contributed by atoms with Gasteiger partial charge in [0.1, 0.15) is 46.6 Å². The number of imidazole rings is 1. The van der Waals surface area contributed by atoms with Crippen LogP contribution in [-0.4, -0.2) is 89.5 Å². The van der Waals surface area contributed by atoms with Crippen LogP contribution in [0.1, 0.15) is 24.5 Å². The highest BCUT2D eigenvalue weighted by atomic mass is 19.1. The van der Waals surface area contributed by atoms with E-state index in [9.17, 15) is 13.6 Å². The van der Waals surface area contributed by atoms with E-state index in [2.05, 4.69) is 15.4 Å². The van der Waals surface area contributed by atoms with Crippen LogP contribution in [0, 0.1) is 31.3 Å². The Morgan fingerprint density at radius 2 is 1.82 bits per heavy atom. The maximum Gasteiger partial charge on any atom is 0.245 e. The van der Waals surface area contributed by atoms with Crippen molar-refractivity contribution in [3.63, 3.8) is 0 Å². The molecule has 12 nitrogen and oxygen atoms in total. The molecule has 3 aliphatic heterocycles. The number of ether oxygens (including phenoxy) is 1. The Hall–Kier alpha value is -5.57. The van der Waals surface area contributed by atoms with Crippen molar-refractivity contribution in [3.05, 3.63) is 83.8 Å². The maximum absolute atomic E-state index is 15.0. The van der Waals surface area contributed by atoms with Gasteiger partial charge in [-0.3, -0.25) is 4.79 Å². The maximum atomic E-state index is 15.0. The average molecular weight is 695 g/mol. The second-order valence-corrected chi connectivity index (χ2v) is 13.4. The topological polar surface area (TPSA) is 119 Å². The number of amides is 1. The number of anilines is 2. The first-order chi connectivity index (χ1) is 24.7. The van der Waals surface area contributed by atoms with E-state index in [1.807, 2.05) is 39.5 Å². The van der Waals surface area contributed by atoms with Crippen LogP contribution in [0.4, 0.5) is 24.8 Å². The molecule has 0 saturated carbocycles. The van der Waals surface area contributed by atoms with Gasteiger partial charge in [-0.2, -0.15) is 5.10 Å². The highest BCUT2D eigenvalue weighted by Crippen LogP contribution is 2.35. The number of benzene rings is 2. The number of aromatic nitrogens is 7. The molecule has 2 fully saturated rings. The number of pyridine rings is 1. The van der Waals surface area contributed by atoms with E-state index in [4.69, 9.17) is 19.7 Å². The van der Waals surface area contributed by atoms with Crippen molar-refractivity contribution in [2.24, 2.45) is 0 Å². The van der Waals surface area contributed by atoms with Crippen molar-refractivity contribution >= 4 is 39.6 Å². The molecule has 7 heterocycles. The fraction of sp³-hybridized carbons (Fsp3) is 0.333. The molecule has 260 valence electrons. The highest BCUT2D eigenvalue weighted by Gasteiger charge is 2.42. The zero-order chi connectivity index (χ0) is 35.0. The molecule has 6 bridgehead atoms. The SMILES string of the molecule is Cc1nc(N2C[C@@H]3C[C@H]2C(=O)N2CCCO[C@H](C2)Cn2c(C)nc4cc(F)cc(c42)-c2cccc(n2)N3)c2cnn(-c3ccc(F)cc3F)c2n1. The van der Waals surface area contributed by atoms with Crippen LogP contribution < -0.4 is 10.2 Å². The fourth-order valence-corrected chi connectivity index (χ4v) is 7.72. The number of hydrogen-bond acceptors (Lipinski definition) is 9. The Labute approximate surface area is 289 Å². The Balaban J connectivity index is 1.17. The lowest BCUT2D eigenvalue weighted by atomic mass is 10.1. The standard InChI is InChI=1S/C36H33F3N10O2/c1-19-41-34(26-15-40-49(35(26)42-19)30-8-7-21(37)12-27(30)39)48-16-23-14-31(48)36(50)46-9-4-10-51-24(17-46)18-47-20(2)43-29-13-22(38)11-25(33(29)47)28-5-3-6-32(44-23)45-28/h3,5-8,11-13,15,23-24,31H,4,9-10,14,16-18H2,1-2H3,(H,44,45)/t23-,24+,31-/m0/s1. The third-order valence-electron chi connectivity index (χ3n) is 9.94. The molecule has 0 radical (unpaired) electrons. The first kappa shape index (κ1) is 31.4. The normalized spacial score (nSPS) is 20.7. The third-order valence-corrected chi connectivity index (χ3v) is 9.94. The summed E-state index contributed by atoms with van der Waals surface area (Å²) in [6.45, 7) is 5.75. The lowest BCUT2D eigenvalue weighted by molar-refractivity contribution is -0.133. The van der Waals surface area contributed by atoms with E-state index in [1.54, 1.807) is 13.1 Å². The van der Waals surface area contributed by atoms with Crippen molar-refractivity contribution in [1.82, 2.24) is 39.2 Å². The smallest absolute Gasteiger partial charge is 0.245 e. The molecule has 3 aliphatic rings. The molecular weight excluding hydrogens is 661 g/mol. The summed E-state index contributed by atoms with van der Waals surface area (Å²) in [7, 11) is 0. The number of nitrogens with one attached hydrogen (secondary N) is 1. The van der Waals surface area contributed by atoms with E-state index in [-0.39, 0.29) is 23.7 Å². The summed E-state index contributed by atoms with van der Waals surface area (Å²) >= 11 is 0. The number of carbonyl (C=O) groups is 1. The lowest BCUT2D eigenvalue weighted by Gasteiger charge is -2.31. The molecule has 15 heteroatoms. The van der Waals surface area contributed by atoms with Gasteiger partial charge in [-0.1, -0.05) is 6.07 Å². The summed E-state index contributed by atoms with van der Waals surface area (Å²) in [6, 6.07) is 10.9. The highest BCUT2D eigenvalue weighted by molar-refractivity contribution is 5.94. The van der Waals surface area contributed by atoms with Crippen LogP contribution in [0.15, 0.2) is 54.7 Å². The minimum atomic E-state index is -0.783. The van der Waals surface area contributed by atoms with Crippen LogP contribution in [0.25, 0.3) is 39.0 Å². The third kappa shape index (κ3) is 5.42. The predicted molar refractivity (Wildman–Crippen MR) is 183 cm³/mol. The summed E-state index contributed by atoms with van der Waals surface area (Å²) in [6.07, 6.45) is 2.30. The average Bonchev–Trinajstić information content (AvgIpc) is 3.73. The number of nitrogens with zero attached hydrogens (tertiary/aromatic N) is 9. The van der Waals surface area contributed by atoms with Crippen molar-refractivity contribution in [2.45, 2.75) is 51.4 Å². The number of rotatable bonds is 2. The lowest BCUT2D eigenvalue weighted by Crippen LogP contribution is -2.48. The number of halogens is 3. The second-order valence-electron chi connectivity index (χ2n) is 13.4. The molecule has 4 aromatic heterocycles. The Kier molecular flexibility index (Phi) is 7.42. The molecule has 1 amide bonds. The molecule has 6 aromatic rings. The molecule has 0 spiro atoms. The van der Waals surface area contributed by atoms with Crippen molar-refractivity contribution in [2.75, 3.05) is 36.5 Å². The van der Waals surface area contributed by atoms with Gasteiger partial charge in [0.15, 0.2) is 11.5 Å². The Bertz CT molecular complexity index is 2360. The molecule has 2 aromatic carbocycles. The summed E-state index contributed by atoms with van der Waals surface area (Å²) in [5.41, 5.74) is 2.86. The Morgan fingerprint density at radius 3 is 2.69 bits per heavy atom. The number of aryl methyl sites for hydroxylation is 2. The minimum Gasteiger partial charge on any atom is -0.374 e. The summed E-state index contributed by atoms with van der Waals surface area (Å²) < 4.78 is 53.4. The van der Waals surface area contributed by atoms with Crippen molar-refractivity contribution < 1.29 is 22.7 Å². The van der Waals surface area contributed by atoms with E-state index in [0.717, 1.165) is 11.6 Å². The molecular formula is C36H33F3N10O2. The van der Waals surface area contributed by atoms with Crippen molar-refractivity contribution in [3.8, 4) is 16.9 Å². The van der Waals surface area contributed by atoms with Crippen LogP contribution in [0.3, 0.4) is 0 Å².